The van der Waals surface area contributed by atoms with Crippen LogP contribution in [0.4, 0.5) is 10.5 Å². The summed E-state index contributed by atoms with van der Waals surface area (Å²) in [5, 5.41) is 5.94. The summed E-state index contributed by atoms with van der Waals surface area (Å²) in [4.78, 5) is 25.8. The van der Waals surface area contributed by atoms with E-state index in [-0.39, 0.29) is 18.0 Å². The van der Waals surface area contributed by atoms with Gasteiger partial charge in [0, 0.05) is 31.4 Å². The van der Waals surface area contributed by atoms with Crippen molar-refractivity contribution in [1.29, 1.82) is 0 Å². The molecular formula is C18H27N3O2. The Bertz CT molecular complexity index is 584. The third kappa shape index (κ3) is 4.71. The molecule has 0 heterocycles. The molecule has 0 spiro atoms. The average molecular weight is 317 g/mol. The lowest BCUT2D eigenvalue weighted by molar-refractivity contribution is 0.0827. The van der Waals surface area contributed by atoms with Crippen molar-refractivity contribution in [2.45, 2.75) is 45.6 Å². The van der Waals surface area contributed by atoms with Crippen LogP contribution >= 0.6 is 0 Å². The molecule has 0 aromatic heterocycles. The predicted molar refractivity (Wildman–Crippen MR) is 92.8 cm³/mol. The van der Waals surface area contributed by atoms with Gasteiger partial charge in [0.15, 0.2) is 0 Å². The Morgan fingerprint density at radius 3 is 2.61 bits per heavy atom. The maximum atomic E-state index is 12.2. The minimum absolute atomic E-state index is 0.0745. The van der Waals surface area contributed by atoms with Gasteiger partial charge < -0.3 is 15.5 Å². The quantitative estimate of drug-likeness (QED) is 0.897. The predicted octanol–water partition coefficient (Wildman–Crippen LogP) is 3.40. The number of carbonyl (C=O) groups excluding carboxylic acids is 2. The number of benzene rings is 1. The SMILES string of the molecule is Cc1ccc(C(=O)N(C)C)cc1NC(=O)N[C@H]1CCC[C@@H](C)C1. The molecule has 1 aliphatic carbocycles. The number of urea groups is 1. The molecule has 1 aromatic rings. The summed E-state index contributed by atoms with van der Waals surface area (Å²) in [6.45, 7) is 4.15. The highest BCUT2D eigenvalue weighted by Gasteiger charge is 2.20. The number of anilines is 1. The number of nitrogens with zero attached hydrogens (tertiary/aromatic N) is 1. The number of rotatable bonds is 3. The molecule has 2 rings (SSSR count). The van der Waals surface area contributed by atoms with Crippen LogP contribution in [0, 0.1) is 12.8 Å². The van der Waals surface area contributed by atoms with Crippen LogP contribution in [0.2, 0.25) is 0 Å². The zero-order valence-electron chi connectivity index (χ0n) is 14.5. The normalized spacial score (nSPS) is 20.7. The van der Waals surface area contributed by atoms with Crippen LogP contribution in [0.3, 0.4) is 0 Å². The number of amides is 3. The van der Waals surface area contributed by atoms with Gasteiger partial charge in [-0.2, -0.15) is 0 Å². The lowest BCUT2D eigenvalue weighted by Crippen LogP contribution is -2.40. The van der Waals surface area contributed by atoms with Crippen molar-refractivity contribution >= 4 is 17.6 Å². The van der Waals surface area contributed by atoms with E-state index in [1.165, 1.54) is 11.3 Å². The molecule has 2 N–H and O–H groups in total. The standard InChI is InChI=1S/C18H27N3O2/c1-12-6-5-7-15(10-12)19-18(23)20-16-11-14(9-8-13(16)2)17(22)21(3)4/h8-9,11-12,15H,5-7,10H2,1-4H3,(H2,19,20,23)/t12-,15+/m1/s1. The van der Waals surface area contributed by atoms with Crippen LogP contribution < -0.4 is 10.6 Å². The van der Waals surface area contributed by atoms with E-state index in [1.54, 1.807) is 26.2 Å². The second-order valence-corrected chi connectivity index (χ2v) is 6.80. The Morgan fingerprint density at radius 1 is 1.22 bits per heavy atom. The van der Waals surface area contributed by atoms with E-state index in [1.807, 2.05) is 13.0 Å². The topological polar surface area (TPSA) is 61.4 Å². The molecular weight excluding hydrogens is 290 g/mol. The molecule has 1 fully saturated rings. The molecule has 3 amide bonds. The summed E-state index contributed by atoms with van der Waals surface area (Å²) in [7, 11) is 3.43. The number of aryl methyl sites for hydroxylation is 1. The van der Waals surface area contributed by atoms with Gasteiger partial charge in [0.1, 0.15) is 0 Å². The zero-order valence-corrected chi connectivity index (χ0v) is 14.5. The van der Waals surface area contributed by atoms with Crippen molar-refractivity contribution in [3.8, 4) is 0 Å². The van der Waals surface area contributed by atoms with Gasteiger partial charge in [-0.15, -0.1) is 0 Å². The third-order valence-electron chi connectivity index (χ3n) is 4.41. The van der Waals surface area contributed by atoms with Crippen molar-refractivity contribution in [3.63, 3.8) is 0 Å². The smallest absolute Gasteiger partial charge is 0.319 e. The van der Waals surface area contributed by atoms with E-state index < -0.39 is 0 Å². The van der Waals surface area contributed by atoms with Gasteiger partial charge >= 0.3 is 6.03 Å². The molecule has 5 heteroatoms. The summed E-state index contributed by atoms with van der Waals surface area (Å²) in [5.41, 5.74) is 2.19. The Balaban J connectivity index is 2.02. The van der Waals surface area contributed by atoms with Gasteiger partial charge in [-0.1, -0.05) is 25.8 Å². The van der Waals surface area contributed by atoms with Gasteiger partial charge in [-0.05, 0) is 43.4 Å². The summed E-state index contributed by atoms with van der Waals surface area (Å²) < 4.78 is 0. The summed E-state index contributed by atoms with van der Waals surface area (Å²) >= 11 is 0. The molecule has 1 saturated carbocycles. The van der Waals surface area contributed by atoms with Crippen molar-refractivity contribution in [1.82, 2.24) is 10.2 Å². The van der Waals surface area contributed by atoms with Gasteiger partial charge in [-0.25, -0.2) is 4.79 Å². The number of hydrogen-bond donors (Lipinski definition) is 2. The highest BCUT2D eigenvalue weighted by Crippen LogP contribution is 2.24. The maximum absolute atomic E-state index is 12.2. The van der Waals surface area contributed by atoms with Gasteiger partial charge in [0.2, 0.25) is 0 Å². The van der Waals surface area contributed by atoms with Crippen molar-refractivity contribution in [2.24, 2.45) is 5.92 Å². The Labute approximate surface area is 138 Å². The average Bonchev–Trinajstić information content (AvgIpc) is 2.48. The molecule has 126 valence electrons. The Kier molecular flexibility index (Phi) is 5.64. The molecule has 1 aromatic carbocycles. The molecule has 5 nitrogen and oxygen atoms in total. The second kappa shape index (κ2) is 7.49. The largest absolute Gasteiger partial charge is 0.345 e. The second-order valence-electron chi connectivity index (χ2n) is 6.80. The van der Waals surface area contributed by atoms with Crippen molar-refractivity contribution in [2.75, 3.05) is 19.4 Å². The summed E-state index contributed by atoms with van der Waals surface area (Å²) in [5.74, 6) is 0.589. The van der Waals surface area contributed by atoms with Crippen LogP contribution in [-0.4, -0.2) is 37.0 Å². The zero-order chi connectivity index (χ0) is 17.0. The maximum Gasteiger partial charge on any atom is 0.319 e. The van der Waals surface area contributed by atoms with E-state index in [4.69, 9.17) is 0 Å². The molecule has 0 aliphatic heterocycles. The lowest BCUT2D eigenvalue weighted by atomic mass is 9.87. The van der Waals surface area contributed by atoms with Crippen LogP contribution in [-0.2, 0) is 0 Å². The molecule has 2 atom stereocenters. The number of carbonyl (C=O) groups is 2. The third-order valence-corrected chi connectivity index (χ3v) is 4.41. The first kappa shape index (κ1) is 17.3. The van der Waals surface area contributed by atoms with Crippen LogP contribution in [0.15, 0.2) is 18.2 Å². The Hall–Kier alpha value is -2.04. The minimum atomic E-state index is -0.193. The fourth-order valence-corrected chi connectivity index (χ4v) is 3.06. The summed E-state index contributed by atoms with van der Waals surface area (Å²) in [6.07, 6.45) is 4.48. The van der Waals surface area contributed by atoms with Gasteiger partial charge in [0.25, 0.3) is 5.91 Å². The first-order valence-electron chi connectivity index (χ1n) is 8.26. The first-order valence-corrected chi connectivity index (χ1v) is 8.26. The Morgan fingerprint density at radius 2 is 1.96 bits per heavy atom. The van der Waals surface area contributed by atoms with Gasteiger partial charge in [0.05, 0.1) is 0 Å². The van der Waals surface area contributed by atoms with Crippen LogP contribution in [0.25, 0.3) is 0 Å². The van der Waals surface area contributed by atoms with E-state index in [9.17, 15) is 9.59 Å². The van der Waals surface area contributed by atoms with E-state index in [0.717, 1.165) is 24.8 Å². The fraction of sp³-hybridized carbons (Fsp3) is 0.556. The monoisotopic (exact) mass is 317 g/mol. The van der Waals surface area contributed by atoms with E-state index in [0.29, 0.717) is 17.2 Å². The van der Waals surface area contributed by atoms with Crippen molar-refractivity contribution in [3.05, 3.63) is 29.3 Å². The molecule has 0 bridgehead atoms. The van der Waals surface area contributed by atoms with Gasteiger partial charge in [-0.3, -0.25) is 4.79 Å². The van der Waals surface area contributed by atoms with E-state index in [2.05, 4.69) is 17.6 Å². The molecule has 1 aliphatic rings. The minimum Gasteiger partial charge on any atom is -0.345 e. The number of hydrogen-bond acceptors (Lipinski definition) is 2. The fourth-order valence-electron chi connectivity index (χ4n) is 3.06. The summed E-state index contributed by atoms with van der Waals surface area (Å²) in [6, 6.07) is 5.42. The first-order chi connectivity index (χ1) is 10.9. The number of nitrogens with one attached hydrogen (secondary N) is 2. The van der Waals surface area contributed by atoms with E-state index >= 15 is 0 Å². The van der Waals surface area contributed by atoms with Crippen molar-refractivity contribution < 1.29 is 9.59 Å². The molecule has 0 saturated heterocycles. The molecule has 23 heavy (non-hydrogen) atoms. The van der Waals surface area contributed by atoms with Crippen LogP contribution in [0.5, 0.6) is 0 Å². The molecule has 0 radical (unpaired) electrons. The lowest BCUT2D eigenvalue weighted by Gasteiger charge is -2.27. The highest BCUT2D eigenvalue weighted by atomic mass is 16.2. The highest BCUT2D eigenvalue weighted by molar-refractivity contribution is 5.97. The van der Waals surface area contributed by atoms with Crippen LogP contribution in [0.1, 0.15) is 48.5 Å². The molecule has 0 unspecified atom stereocenters.